The molecule has 1 aromatic carbocycles. The molecule has 2 amide bonds. The van der Waals surface area contributed by atoms with Crippen molar-refractivity contribution < 1.29 is 23.8 Å². The van der Waals surface area contributed by atoms with Crippen molar-refractivity contribution in [1.29, 1.82) is 0 Å². The van der Waals surface area contributed by atoms with Crippen LogP contribution in [-0.2, 0) is 9.09 Å². The van der Waals surface area contributed by atoms with E-state index in [1.54, 1.807) is 31.2 Å². The molecule has 6 nitrogen and oxygen atoms in total. The van der Waals surface area contributed by atoms with E-state index >= 15 is 0 Å². The van der Waals surface area contributed by atoms with Gasteiger partial charge in [-0.3, -0.25) is 19.1 Å². The van der Waals surface area contributed by atoms with E-state index in [9.17, 15) is 19.3 Å². The number of fused-ring (bicyclic) bond motifs is 1. The van der Waals surface area contributed by atoms with Crippen LogP contribution in [0.3, 0.4) is 0 Å². The number of aliphatic hydroxyl groups is 1. The monoisotopic (exact) mass is 311 g/mol. The maximum Gasteiger partial charge on any atom is 0.261 e. The predicted octanol–water partition coefficient (Wildman–Crippen LogP) is 1.59. The van der Waals surface area contributed by atoms with Gasteiger partial charge >= 0.3 is 0 Å². The summed E-state index contributed by atoms with van der Waals surface area (Å²) in [4.78, 5) is 25.2. The molecule has 21 heavy (non-hydrogen) atoms. The summed E-state index contributed by atoms with van der Waals surface area (Å²) in [5, 5.41) is 9.99. The molecule has 1 aromatic rings. The van der Waals surface area contributed by atoms with Gasteiger partial charge in [0.05, 0.1) is 36.5 Å². The Bertz CT molecular complexity index is 580. The van der Waals surface area contributed by atoms with Crippen LogP contribution < -0.4 is 0 Å². The van der Waals surface area contributed by atoms with Gasteiger partial charge in [0.25, 0.3) is 11.8 Å². The summed E-state index contributed by atoms with van der Waals surface area (Å²) in [6.45, 7) is 3.25. The Balaban J connectivity index is 2.07. The average Bonchev–Trinajstić information content (AvgIpc) is 2.64. The molecule has 7 heteroatoms. The Morgan fingerprint density at radius 2 is 1.76 bits per heavy atom. The van der Waals surface area contributed by atoms with E-state index in [2.05, 4.69) is 0 Å². The lowest BCUT2D eigenvalue weighted by atomic mass is 10.1. The molecule has 1 unspecified atom stereocenters. The molecule has 0 fully saturated rings. The van der Waals surface area contributed by atoms with Gasteiger partial charge in [-0.05, 0) is 19.1 Å². The van der Waals surface area contributed by atoms with Gasteiger partial charge in [-0.1, -0.05) is 12.1 Å². The zero-order valence-corrected chi connectivity index (χ0v) is 12.9. The van der Waals surface area contributed by atoms with Crippen molar-refractivity contribution in [3.05, 3.63) is 35.4 Å². The summed E-state index contributed by atoms with van der Waals surface area (Å²) in [5.41, 5.74) is 0.665. The van der Waals surface area contributed by atoms with Crippen molar-refractivity contribution in [2.24, 2.45) is 0 Å². The Labute approximate surface area is 123 Å². The first-order valence-electron chi connectivity index (χ1n) is 6.70. The first-order valence-corrected chi connectivity index (χ1v) is 8.96. The van der Waals surface area contributed by atoms with Gasteiger partial charge in [-0.25, -0.2) is 0 Å². The van der Waals surface area contributed by atoms with Crippen molar-refractivity contribution in [3.8, 4) is 0 Å². The fourth-order valence-corrected chi connectivity index (χ4v) is 3.91. The quantitative estimate of drug-likeness (QED) is 0.637. The molecule has 0 spiro atoms. The molecule has 0 saturated heterocycles. The average molecular weight is 311 g/mol. The third-order valence-electron chi connectivity index (χ3n) is 3.22. The van der Waals surface area contributed by atoms with Crippen LogP contribution in [0.2, 0.25) is 0 Å². The summed E-state index contributed by atoms with van der Waals surface area (Å²) in [5.74, 6) is -0.867. The van der Waals surface area contributed by atoms with Gasteiger partial charge < -0.3 is 9.63 Å². The maximum absolute atomic E-state index is 12.1. The van der Waals surface area contributed by atoms with E-state index in [1.165, 1.54) is 6.66 Å². The molecule has 2 rings (SSSR count). The Morgan fingerprint density at radius 1 is 1.24 bits per heavy atom. The molecule has 1 N–H and O–H groups in total. The first kappa shape index (κ1) is 15.9. The second-order valence-electron chi connectivity index (χ2n) is 5.03. The normalized spacial score (nSPS) is 18.5. The van der Waals surface area contributed by atoms with Crippen LogP contribution in [0.5, 0.6) is 0 Å². The van der Waals surface area contributed by atoms with E-state index in [0.717, 1.165) is 4.90 Å². The molecule has 0 bridgehead atoms. The summed E-state index contributed by atoms with van der Waals surface area (Å²) in [6.07, 6.45) is -1.16. The zero-order chi connectivity index (χ0) is 15.6. The number of rotatable bonds is 6. The van der Waals surface area contributed by atoms with Gasteiger partial charge in [-0.2, -0.15) is 0 Å². The van der Waals surface area contributed by atoms with Crippen LogP contribution in [0, 0.1) is 0 Å². The lowest BCUT2D eigenvalue weighted by Gasteiger charge is -2.21. The van der Waals surface area contributed by atoms with Crippen LogP contribution in [0.15, 0.2) is 24.3 Å². The topological polar surface area (TPSA) is 83.9 Å². The molecule has 0 aromatic heterocycles. The molecule has 0 saturated carbocycles. The van der Waals surface area contributed by atoms with Gasteiger partial charge in [0.2, 0.25) is 7.37 Å². The molecule has 1 aliphatic rings. The highest BCUT2D eigenvalue weighted by molar-refractivity contribution is 7.58. The fourth-order valence-electron chi connectivity index (χ4n) is 2.38. The maximum atomic E-state index is 12.1. The Hall–Kier alpha value is -1.49. The molecule has 2 atom stereocenters. The third kappa shape index (κ3) is 3.40. The highest BCUT2D eigenvalue weighted by atomic mass is 31.2. The van der Waals surface area contributed by atoms with Crippen LogP contribution in [0.1, 0.15) is 27.6 Å². The number of carbonyl (C=O) groups excluding carboxylic acids is 2. The lowest BCUT2D eigenvalue weighted by Crippen LogP contribution is -2.38. The predicted molar refractivity (Wildman–Crippen MR) is 77.8 cm³/mol. The fraction of sp³-hybridized carbons (Fsp3) is 0.429. The second kappa shape index (κ2) is 6.10. The number of nitrogens with zero attached hydrogens (tertiary/aromatic N) is 1. The number of β-amino-alcohol motifs (C(OH)–C–C–N with tert-alkyl or cyclic N) is 1. The van der Waals surface area contributed by atoms with Crippen LogP contribution in [-0.4, -0.2) is 53.9 Å². The van der Waals surface area contributed by atoms with Crippen molar-refractivity contribution in [2.45, 2.75) is 13.0 Å². The molecule has 0 aliphatic carbocycles. The first-order chi connectivity index (χ1) is 9.85. The van der Waals surface area contributed by atoms with Gasteiger partial charge in [-0.15, -0.1) is 0 Å². The summed E-state index contributed by atoms with van der Waals surface area (Å²) in [6, 6.07) is 6.51. The number of aliphatic hydroxyl groups excluding tert-OH is 1. The van der Waals surface area contributed by atoms with Gasteiger partial charge in [0.1, 0.15) is 0 Å². The lowest BCUT2D eigenvalue weighted by molar-refractivity contribution is 0.0562. The highest BCUT2D eigenvalue weighted by Crippen LogP contribution is 2.43. The molecule has 1 aliphatic heterocycles. The molecular weight excluding hydrogens is 293 g/mol. The highest BCUT2D eigenvalue weighted by Gasteiger charge is 2.36. The standard InChI is InChI=1S/C14H18NO5P/c1-3-20-21(2,19)9-10(16)8-15-13(17)11-6-4-5-7-12(11)14(15)18/h4-7,10,16H,3,8-9H2,1-2H3/t10-,21?/m0/s1. The molecule has 1 heterocycles. The minimum absolute atomic E-state index is 0.0890. The molecule has 0 radical (unpaired) electrons. The second-order valence-corrected chi connectivity index (χ2v) is 7.69. The van der Waals surface area contributed by atoms with Gasteiger partial charge in [0.15, 0.2) is 0 Å². The summed E-state index contributed by atoms with van der Waals surface area (Å²) in [7, 11) is -2.92. The van der Waals surface area contributed by atoms with E-state index < -0.39 is 25.3 Å². The van der Waals surface area contributed by atoms with Crippen LogP contribution >= 0.6 is 7.37 Å². The number of imide groups is 1. The smallest absolute Gasteiger partial charge is 0.261 e. The molecular formula is C14H18NO5P. The summed E-state index contributed by atoms with van der Waals surface area (Å²) >= 11 is 0. The van der Waals surface area contributed by atoms with Crippen molar-refractivity contribution in [1.82, 2.24) is 4.90 Å². The van der Waals surface area contributed by atoms with E-state index in [4.69, 9.17) is 4.52 Å². The minimum Gasteiger partial charge on any atom is -0.391 e. The van der Waals surface area contributed by atoms with Crippen molar-refractivity contribution in [2.75, 3.05) is 26.0 Å². The summed E-state index contributed by atoms with van der Waals surface area (Å²) < 4.78 is 17.1. The Kier molecular flexibility index (Phi) is 4.61. The SMILES string of the molecule is CCOP(C)(=O)C[C@@H](O)CN1C(=O)c2ccccc2C1=O. The number of hydrogen-bond acceptors (Lipinski definition) is 5. The number of amides is 2. The van der Waals surface area contributed by atoms with Crippen LogP contribution in [0.25, 0.3) is 0 Å². The number of hydrogen-bond donors (Lipinski definition) is 1. The number of carbonyl (C=O) groups is 2. The van der Waals surface area contributed by atoms with Crippen LogP contribution in [0.4, 0.5) is 0 Å². The van der Waals surface area contributed by atoms with E-state index in [1.807, 2.05) is 0 Å². The Morgan fingerprint density at radius 3 is 2.24 bits per heavy atom. The van der Waals surface area contributed by atoms with Crippen molar-refractivity contribution >= 4 is 19.2 Å². The zero-order valence-electron chi connectivity index (χ0n) is 12.0. The third-order valence-corrected chi connectivity index (χ3v) is 5.11. The minimum atomic E-state index is -2.92. The van der Waals surface area contributed by atoms with Gasteiger partial charge in [0, 0.05) is 6.66 Å². The molecule has 114 valence electrons. The van der Waals surface area contributed by atoms with Crippen molar-refractivity contribution in [3.63, 3.8) is 0 Å². The number of benzene rings is 1. The van der Waals surface area contributed by atoms with E-state index in [0.29, 0.717) is 11.1 Å². The van der Waals surface area contributed by atoms with E-state index in [-0.39, 0.29) is 19.3 Å². The largest absolute Gasteiger partial charge is 0.391 e.